The fraction of sp³-hybridized carbons (Fsp3) is 1.00. The quantitative estimate of drug-likeness (QED) is 0.103. The van der Waals surface area contributed by atoms with Crippen LogP contribution in [0.4, 0.5) is 0 Å². The molecule has 23 heavy (non-hydrogen) atoms. The van der Waals surface area contributed by atoms with Crippen LogP contribution in [0.15, 0.2) is 0 Å². The average Bonchev–Trinajstić information content (AvgIpc) is 2.48. The third kappa shape index (κ3) is 6.37. The molecule has 138 valence electrons. The van der Waals surface area contributed by atoms with Gasteiger partial charge in [0.2, 0.25) is 10.4 Å². The first-order valence-electron chi connectivity index (χ1n) is 6.00. The van der Waals surface area contributed by atoms with Gasteiger partial charge in [-0.15, -0.1) is 4.33 Å². The standard InChI is InChI=1S/C9H18O12S2/c1-14-4-5-6(15-2)7(18-22-21-20-10)8(9(16-3)17-5)19-23(11,12)13/h5-10H,4H2,1-3H3,(H,11,12,13)/p-2/t5-,6+,7?,8?,9-/m0/s1. The second-order valence-electron chi connectivity index (χ2n) is 4.17. The number of rotatable bonds is 10. The van der Waals surface area contributed by atoms with Gasteiger partial charge in [0, 0.05) is 21.3 Å². The predicted octanol–water partition coefficient (Wildman–Crippen LogP) is -1.96. The molecule has 2 unspecified atom stereocenters. The minimum absolute atomic E-state index is 0.0403. The van der Waals surface area contributed by atoms with Crippen molar-refractivity contribution < 1.29 is 54.9 Å². The zero-order chi connectivity index (χ0) is 17.5. The van der Waals surface area contributed by atoms with Crippen LogP contribution in [0.5, 0.6) is 0 Å². The van der Waals surface area contributed by atoms with Crippen LogP contribution in [0.2, 0.25) is 0 Å². The van der Waals surface area contributed by atoms with Gasteiger partial charge in [-0.25, -0.2) is 8.42 Å². The summed E-state index contributed by atoms with van der Waals surface area (Å²) >= 11 is 0.0978. The Labute approximate surface area is 137 Å². The fourth-order valence-electron chi connectivity index (χ4n) is 2.07. The monoisotopic (exact) mass is 380 g/mol. The summed E-state index contributed by atoms with van der Waals surface area (Å²) in [5, 5.41) is 12.9. The van der Waals surface area contributed by atoms with E-state index < -0.39 is 41.1 Å². The van der Waals surface area contributed by atoms with Gasteiger partial charge in [0.25, 0.3) is 0 Å². The van der Waals surface area contributed by atoms with Gasteiger partial charge >= 0.3 is 0 Å². The van der Waals surface area contributed by atoms with Gasteiger partial charge in [-0.2, -0.15) is 0 Å². The second kappa shape index (κ2) is 10.0. The van der Waals surface area contributed by atoms with Crippen LogP contribution in [0.3, 0.4) is 0 Å². The van der Waals surface area contributed by atoms with E-state index in [0.717, 1.165) is 0 Å². The van der Waals surface area contributed by atoms with Crippen molar-refractivity contribution >= 4 is 22.7 Å². The molecule has 1 heterocycles. The van der Waals surface area contributed by atoms with Gasteiger partial charge < -0.3 is 28.8 Å². The van der Waals surface area contributed by atoms with E-state index in [4.69, 9.17) is 23.1 Å². The van der Waals surface area contributed by atoms with E-state index in [9.17, 15) is 18.2 Å². The van der Waals surface area contributed by atoms with E-state index in [2.05, 4.69) is 13.6 Å². The average molecular weight is 380 g/mol. The molecule has 0 aromatic carbocycles. The third-order valence-corrected chi connectivity index (χ3v) is 3.73. The lowest BCUT2D eigenvalue weighted by Gasteiger charge is -2.43. The van der Waals surface area contributed by atoms with Crippen LogP contribution in [0.1, 0.15) is 0 Å². The molecular weight excluding hydrogens is 364 g/mol. The van der Waals surface area contributed by atoms with Crippen LogP contribution < -0.4 is 5.26 Å². The highest BCUT2D eigenvalue weighted by molar-refractivity contribution is 7.89. The van der Waals surface area contributed by atoms with E-state index in [-0.39, 0.29) is 18.9 Å². The Balaban J connectivity index is 3.03. The van der Waals surface area contributed by atoms with Gasteiger partial charge in [0.1, 0.15) is 18.3 Å². The third-order valence-electron chi connectivity index (χ3n) is 2.86. The molecule has 0 radical (unpaired) electrons. The molecule has 0 aliphatic carbocycles. The Bertz CT molecular complexity index is 430. The number of hydrogen-bond donors (Lipinski definition) is 0. The summed E-state index contributed by atoms with van der Waals surface area (Å²) in [7, 11) is -1.21. The van der Waals surface area contributed by atoms with Crippen LogP contribution in [-0.4, -0.2) is 71.6 Å². The van der Waals surface area contributed by atoms with Gasteiger partial charge in [0.15, 0.2) is 24.7 Å². The lowest BCUT2D eigenvalue weighted by Crippen LogP contribution is -2.61. The Kier molecular flexibility index (Phi) is 9.12. The minimum Gasteiger partial charge on any atom is -0.726 e. The first-order valence-corrected chi connectivity index (χ1v) is 8.00. The lowest BCUT2D eigenvalue weighted by atomic mass is 9.99. The van der Waals surface area contributed by atoms with E-state index >= 15 is 0 Å². The van der Waals surface area contributed by atoms with Gasteiger partial charge in [-0.3, -0.25) is 13.4 Å². The predicted molar refractivity (Wildman–Crippen MR) is 67.5 cm³/mol. The van der Waals surface area contributed by atoms with Crippen molar-refractivity contribution in [3.05, 3.63) is 0 Å². The molecule has 0 amide bonds. The summed E-state index contributed by atoms with van der Waals surface area (Å²) < 4.78 is 66.8. The number of methoxy groups -OCH3 is 3. The normalized spacial score (nSPS) is 32.1. The van der Waals surface area contributed by atoms with Crippen LogP contribution in [-0.2, 0) is 47.1 Å². The van der Waals surface area contributed by atoms with Crippen LogP contribution >= 0.6 is 12.3 Å². The molecule has 0 saturated carbocycles. The van der Waals surface area contributed by atoms with Crippen LogP contribution in [0, 0.1) is 0 Å². The molecule has 1 rings (SSSR count). The summed E-state index contributed by atoms with van der Waals surface area (Å²) in [5.74, 6) is 0. The highest BCUT2D eigenvalue weighted by Crippen LogP contribution is 2.31. The summed E-state index contributed by atoms with van der Waals surface area (Å²) in [6, 6.07) is 0. The largest absolute Gasteiger partial charge is 0.726 e. The number of ether oxygens (including phenoxy) is 4. The van der Waals surface area contributed by atoms with E-state index in [1.54, 1.807) is 0 Å². The SMILES string of the molecule is COC[C@@H]1O[C@H](OC)C(OS(=O)(=O)[O-])C(OSOO[O-])[C@@H]1OC. The Morgan fingerprint density at radius 2 is 1.83 bits per heavy atom. The zero-order valence-electron chi connectivity index (χ0n) is 12.3. The van der Waals surface area contributed by atoms with Gasteiger partial charge in [-0.1, -0.05) is 0 Å². The Morgan fingerprint density at radius 3 is 2.30 bits per heavy atom. The summed E-state index contributed by atoms with van der Waals surface area (Å²) in [6.07, 6.45) is -5.73. The van der Waals surface area contributed by atoms with Crippen molar-refractivity contribution in [3.8, 4) is 0 Å². The van der Waals surface area contributed by atoms with E-state index in [1.807, 2.05) is 0 Å². The molecular formula is C9H16O12S2-2. The molecule has 0 aromatic heterocycles. The molecule has 0 aromatic rings. The summed E-state index contributed by atoms with van der Waals surface area (Å²) in [5.41, 5.74) is 0. The van der Waals surface area contributed by atoms with Crippen molar-refractivity contribution in [1.82, 2.24) is 0 Å². The molecule has 0 spiro atoms. The molecule has 1 saturated heterocycles. The smallest absolute Gasteiger partial charge is 0.218 e. The van der Waals surface area contributed by atoms with Crippen molar-refractivity contribution in [2.75, 3.05) is 27.9 Å². The maximum Gasteiger partial charge on any atom is 0.218 e. The summed E-state index contributed by atoms with van der Waals surface area (Å²) in [6.45, 7) is 0.0403. The Morgan fingerprint density at radius 1 is 1.13 bits per heavy atom. The maximum absolute atomic E-state index is 10.9. The molecule has 1 aliphatic rings. The highest BCUT2D eigenvalue weighted by atomic mass is 32.3. The van der Waals surface area contributed by atoms with Crippen LogP contribution in [0.25, 0.3) is 0 Å². The molecule has 1 fully saturated rings. The van der Waals surface area contributed by atoms with E-state index in [0.29, 0.717) is 0 Å². The fourth-order valence-corrected chi connectivity index (χ4v) is 2.91. The van der Waals surface area contributed by atoms with E-state index in [1.165, 1.54) is 21.3 Å². The first-order chi connectivity index (χ1) is 10.9. The van der Waals surface area contributed by atoms with Crippen molar-refractivity contribution in [1.29, 1.82) is 0 Å². The van der Waals surface area contributed by atoms with Crippen molar-refractivity contribution in [2.45, 2.75) is 30.7 Å². The Hall–Kier alpha value is -0.100. The van der Waals surface area contributed by atoms with Crippen molar-refractivity contribution in [3.63, 3.8) is 0 Å². The molecule has 14 heteroatoms. The maximum atomic E-state index is 10.9. The first kappa shape index (κ1) is 20.9. The molecule has 12 nitrogen and oxygen atoms in total. The molecule has 0 bridgehead atoms. The molecule has 0 N–H and O–H groups in total. The van der Waals surface area contributed by atoms with Crippen molar-refractivity contribution in [2.24, 2.45) is 0 Å². The van der Waals surface area contributed by atoms with Gasteiger partial charge in [0.05, 0.1) is 6.61 Å². The second-order valence-corrected chi connectivity index (χ2v) is 5.64. The lowest BCUT2D eigenvalue weighted by molar-refractivity contribution is -0.777. The van der Waals surface area contributed by atoms with Gasteiger partial charge in [-0.05, 0) is 0 Å². The minimum atomic E-state index is -5.11. The molecule has 5 atom stereocenters. The summed E-state index contributed by atoms with van der Waals surface area (Å²) in [4.78, 5) is 0. The topological polar surface area (TPSA) is 154 Å². The molecule has 1 aliphatic heterocycles. The highest BCUT2D eigenvalue weighted by Gasteiger charge is 2.49. The number of hydrogen-bond acceptors (Lipinski definition) is 13. The zero-order valence-corrected chi connectivity index (χ0v) is 13.9.